The number of carbonyl (C=O) groups is 1. The Balaban J connectivity index is 2.62. The first-order valence-corrected chi connectivity index (χ1v) is 5.36. The van der Waals surface area contributed by atoms with Gasteiger partial charge in [0.15, 0.2) is 0 Å². The summed E-state index contributed by atoms with van der Waals surface area (Å²) >= 11 is 0. The van der Waals surface area contributed by atoms with Gasteiger partial charge in [-0.3, -0.25) is 5.32 Å². The zero-order valence-electron chi connectivity index (χ0n) is 10.3. The van der Waals surface area contributed by atoms with E-state index in [1.54, 1.807) is 39.0 Å². The minimum atomic E-state index is -0.519. The van der Waals surface area contributed by atoms with E-state index in [-0.39, 0.29) is 0 Å². The number of hydrogen-bond acceptors (Lipinski definition) is 4. The van der Waals surface area contributed by atoms with Gasteiger partial charge in [0, 0.05) is 12.2 Å². The van der Waals surface area contributed by atoms with Crippen LogP contribution in [0.25, 0.3) is 0 Å². The fraction of sp³-hybridized carbons (Fsp3) is 0.417. The van der Waals surface area contributed by atoms with E-state index in [0.717, 1.165) is 5.56 Å². The molecule has 0 heterocycles. The van der Waals surface area contributed by atoms with Crippen LogP contribution in [0.5, 0.6) is 0 Å². The number of nitrogens with one attached hydrogen (secondary N) is 2. The van der Waals surface area contributed by atoms with Crippen molar-refractivity contribution in [3.8, 4) is 0 Å². The minimum Gasteiger partial charge on any atom is -0.444 e. The van der Waals surface area contributed by atoms with Gasteiger partial charge < -0.3 is 9.94 Å². The lowest BCUT2D eigenvalue weighted by molar-refractivity contribution is 0.0636. The summed E-state index contributed by atoms with van der Waals surface area (Å²) in [7, 11) is 0. The van der Waals surface area contributed by atoms with Crippen LogP contribution >= 0.6 is 0 Å². The molecule has 1 rings (SSSR count). The smallest absolute Gasteiger partial charge is 0.412 e. The molecular formula is C12H18N2O3. The highest BCUT2D eigenvalue weighted by Gasteiger charge is 2.16. The Labute approximate surface area is 101 Å². The lowest BCUT2D eigenvalue weighted by Crippen LogP contribution is -2.27. The van der Waals surface area contributed by atoms with E-state index in [9.17, 15) is 4.79 Å². The molecule has 0 aliphatic rings. The monoisotopic (exact) mass is 238 g/mol. The van der Waals surface area contributed by atoms with Crippen LogP contribution in [-0.2, 0) is 11.3 Å². The van der Waals surface area contributed by atoms with Gasteiger partial charge in [-0.05, 0) is 38.5 Å². The number of hydroxylamine groups is 1. The summed E-state index contributed by atoms with van der Waals surface area (Å²) < 4.78 is 5.13. The number of hydrogen-bond donors (Lipinski definition) is 3. The summed E-state index contributed by atoms with van der Waals surface area (Å²) in [5.41, 5.74) is 3.03. The van der Waals surface area contributed by atoms with Crippen molar-refractivity contribution in [3.63, 3.8) is 0 Å². The van der Waals surface area contributed by atoms with Gasteiger partial charge in [0.2, 0.25) is 0 Å². The molecular weight excluding hydrogens is 220 g/mol. The molecule has 1 amide bonds. The maximum absolute atomic E-state index is 11.5. The molecule has 0 fully saturated rings. The topological polar surface area (TPSA) is 70.6 Å². The highest BCUT2D eigenvalue weighted by molar-refractivity contribution is 5.84. The molecule has 94 valence electrons. The molecule has 1 aromatic rings. The third kappa shape index (κ3) is 5.33. The molecule has 5 heteroatoms. The largest absolute Gasteiger partial charge is 0.444 e. The van der Waals surface area contributed by atoms with Crippen LogP contribution < -0.4 is 10.8 Å². The van der Waals surface area contributed by atoms with Gasteiger partial charge in [0.05, 0.1) is 0 Å². The Morgan fingerprint density at radius 2 is 2.12 bits per heavy atom. The number of amides is 1. The number of anilines is 1. The second kappa shape index (κ2) is 5.65. The molecule has 0 spiro atoms. The van der Waals surface area contributed by atoms with E-state index in [1.807, 2.05) is 6.07 Å². The first-order valence-electron chi connectivity index (χ1n) is 5.36. The summed E-state index contributed by atoms with van der Waals surface area (Å²) in [4.78, 5) is 11.5. The van der Waals surface area contributed by atoms with Crippen molar-refractivity contribution in [3.05, 3.63) is 29.8 Å². The highest BCUT2D eigenvalue weighted by atomic mass is 16.6. The van der Waals surface area contributed by atoms with Crippen LogP contribution in [0, 0.1) is 0 Å². The van der Waals surface area contributed by atoms with Crippen molar-refractivity contribution in [2.24, 2.45) is 0 Å². The third-order valence-electron chi connectivity index (χ3n) is 1.86. The van der Waals surface area contributed by atoms with Crippen molar-refractivity contribution in [1.82, 2.24) is 5.48 Å². The van der Waals surface area contributed by atoms with Crippen LogP contribution in [-0.4, -0.2) is 16.9 Å². The van der Waals surface area contributed by atoms with E-state index in [4.69, 9.17) is 9.94 Å². The van der Waals surface area contributed by atoms with E-state index >= 15 is 0 Å². The molecule has 0 saturated heterocycles. The summed E-state index contributed by atoms with van der Waals surface area (Å²) in [6.07, 6.45) is -0.494. The van der Waals surface area contributed by atoms with Crippen molar-refractivity contribution in [2.45, 2.75) is 32.9 Å². The van der Waals surface area contributed by atoms with Crippen LogP contribution in [0.2, 0.25) is 0 Å². The molecule has 0 unspecified atom stereocenters. The average molecular weight is 238 g/mol. The normalized spacial score (nSPS) is 11.1. The van der Waals surface area contributed by atoms with Crippen LogP contribution in [0.15, 0.2) is 24.3 Å². The molecule has 17 heavy (non-hydrogen) atoms. The molecule has 0 bridgehead atoms. The summed E-state index contributed by atoms with van der Waals surface area (Å²) in [5.74, 6) is 0. The molecule has 0 atom stereocenters. The second-order valence-corrected chi connectivity index (χ2v) is 4.66. The molecule has 0 aliphatic carbocycles. The summed E-state index contributed by atoms with van der Waals surface area (Å²) in [5, 5.41) is 11.2. The van der Waals surface area contributed by atoms with Crippen molar-refractivity contribution in [1.29, 1.82) is 0 Å². The van der Waals surface area contributed by atoms with Gasteiger partial charge in [0.25, 0.3) is 0 Å². The third-order valence-corrected chi connectivity index (χ3v) is 1.86. The maximum atomic E-state index is 11.5. The van der Waals surface area contributed by atoms with Crippen LogP contribution in [0.4, 0.5) is 10.5 Å². The predicted molar refractivity (Wildman–Crippen MR) is 64.9 cm³/mol. The summed E-state index contributed by atoms with van der Waals surface area (Å²) in [6.45, 7) is 5.74. The molecule has 3 N–H and O–H groups in total. The molecule has 0 aromatic heterocycles. The molecule has 1 aromatic carbocycles. The van der Waals surface area contributed by atoms with Gasteiger partial charge in [-0.2, -0.15) is 0 Å². The first-order chi connectivity index (χ1) is 7.90. The Morgan fingerprint density at radius 3 is 2.71 bits per heavy atom. The number of rotatable bonds is 3. The van der Waals surface area contributed by atoms with Crippen molar-refractivity contribution < 1.29 is 14.7 Å². The fourth-order valence-corrected chi connectivity index (χ4v) is 1.27. The Kier molecular flexibility index (Phi) is 4.48. The van der Waals surface area contributed by atoms with Crippen LogP contribution in [0.3, 0.4) is 0 Å². The van der Waals surface area contributed by atoms with Gasteiger partial charge in [-0.1, -0.05) is 12.1 Å². The zero-order chi connectivity index (χ0) is 12.9. The average Bonchev–Trinajstić information content (AvgIpc) is 2.15. The highest BCUT2D eigenvalue weighted by Crippen LogP contribution is 2.13. The maximum Gasteiger partial charge on any atom is 0.412 e. The van der Waals surface area contributed by atoms with E-state index < -0.39 is 11.7 Å². The van der Waals surface area contributed by atoms with Crippen molar-refractivity contribution in [2.75, 3.05) is 5.32 Å². The predicted octanol–water partition coefficient (Wildman–Crippen LogP) is 2.51. The zero-order valence-corrected chi connectivity index (χ0v) is 10.3. The van der Waals surface area contributed by atoms with E-state index in [1.165, 1.54) is 0 Å². The Bertz CT molecular complexity index is 386. The second-order valence-electron chi connectivity index (χ2n) is 4.66. The van der Waals surface area contributed by atoms with Crippen LogP contribution in [0.1, 0.15) is 26.3 Å². The number of carbonyl (C=O) groups excluding carboxylic acids is 1. The lowest BCUT2D eigenvalue weighted by Gasteiger charge is -2.19. The summed E-state index contributed by atoms with van der Waals surface area (Å²) in [6, 6.07) is 7.14. The van der Waals surface area contributed by atoms with E-state index in [2.05, 4.69) is 10.8 Å². The molecule has 5 nitrogen and oxygen atoms in total. The number of benzene rings is 1. The Morgan fingerprint density at radius 1 is 1.41 bits per heavy atom. The van der Waals surface area contributed by atoms with Crippen molar-refractivity contribution >= 4 is 11.8 Å². The van der Waals surface area contributed by atoms with Gasteiger partial charge in [-0.25, -0.2) is 10.3 Å². The molecule has 0 aliphatic heterocycles. The standard InChI is InChI=1S/C12H18N2O3/c1-12(2,3)17-11(15)14-10-6-4-5-9(7-10)8-13-16/h4-7,13,16H,8H2,1-3H3,(H,14,15). The van der Waals surface area contributed by atoms with Gasteiger partial charge >= 0.3 is 6.09 Å². The quantitative estimate of drug-likeness (QED) is 0.708. The van der Waals surface area contributed by atoms with E-state index in [0.29, 0.717) is 12.2 Å². The number of ether oxygens (including phenoxy) is 1. The molecule has 0 saturated carbocycles. The van der Waals surface area contributed by atoms with Gasteiger partial charge in [0.1, 0.15) is 5.60 Å². The SMILES string of the molecule is CC(C)(C)OC(=O)Nc1cccc(CNO)c1. The van der Waals surface area contributed by atoms with Gasteiger partial charge in [-0.15, -0.1) is 0 Å². The first kappa shape index (κ1) is 13.5. The minimum absolute atomic E-state index is 0.323. The lowest BCUT2D eigenvalue weighted by atomic mass is 10.2. The fourth-order valence-electron chi connectivity index (χ4n) is 1.27. The molecule has 0 radical (unpaired) electrons. The Hall–Kier alpha value is -1.59.